The predicted octanol–water partition coefficient (Wildman–Crippen LogP) is 3.21. The zero-order chi connectivity index (χ0) is 25.6. The van der Waals surface area contributed by atoms with Gasteiger partial charge in [0.25, 0.3) is 0 Å². The molecule has 3 amide bonds. The van der Waals surface area contributed by atoms with Crippen molar-refractivity contribution in [2.45, 2.75) is 39.7 Å². The Balaban J connectivity index is 1.73. The molecule has 35 heavy (non-hydrogen) atoms. The van der Waals surface area contributed by atoms with Gasteiger partial charge in [0.15, 0.2) is 0 Å². The third-order valence-corrected chi connectivity index (χ3v) is 5.51. The quantitative estimate of drug-likeness (QED) is 0.462. The van der Waals surface area contributed by atoms with E-state index in [9.17, 15) is 19.2 Å². The number of nitrogens with zero attached hydrogens (tertiary/aromatic N) is 3. The third-order valence-electron chi connectivity index (χ3n) is 5.51. The lowest BCUT2D eigenvalue weighted by molar-refractivity contribution is -0.154. The average Bonchev–Trinajstić information content (AvgIpc) is 2.81. The molecule has 0 saturated carbocycles. The minimum absolute atomic E-state index is 0.286. The molecule has 1 aliphatic rings. The molecule has 1 saturated heterocycles. The zero-order valence-electron chi connectivity index (χ0n) is 20.8. The minimum atomic E-state index is -0.705. The third kappa shape index (κ3) is 7.18. The first-order valence-electron chi connectivity index (χ1n) is 11.8. The molecule has 3 rings (SSSR count). The molecule has 1 fully saturated rings. The molecule has 9 nitrogen and oxygen atoms in total. The topological polar surface area (TPSA) is 96.5 Å². The molecule has 9 heteroatoms. The molecule has 0 atom stereocenters. The van der Waals surface area contributed by atoms with Crippen LogP contribution in [0.4, 0.5) is 10.5 Å². The standard InChI is InChI=1S/C26H33N3O6/c1-5-34-25(33)28-14-12-27(13-15-28)22(30)17-23(31)29(18-24(32)35-26(2,3)4)21-11-10-19-8-6-7-9-20(19)16-21/h6-11,16H,5,12-15,17-18H2,1-4H3. The van der Waals surface area contributed by atoms with Gasteiger partial charge in [0.2, 0.25) is 11.8 Å². The van der Waals surface area contributed by atoms with Crippen LogP contribution in [0.25, 0.3) is 10.8 Å². The number of fused-ring (bicyclic) bond motifs is 1. The molecule has 1 heterocycles. The Morgan fingerprint density at radius 3 is 2.17 bits per heavy atom. The van der Waals surface area contributed by atoms with Crippen LogP contribution >= 0.6 is 0 Å². The molecular formula is C26H33N3O6. The molecule has 0 radical (unpaired) electrons. The number of carbonyl (C=O) groups excluding carboxylic acids is 4. The summed E-state index contributed by atoms with van der Waals surface area (Å²) in [5.41, 5.74) is -0.191. The number of carbonyl (C=O) groups is 4. The van der Waals surface area contributed by atoms with Crippen molar-refractivity contribution in [2.24, 2.45) is 0 Å². The second kappa shape index (κ2) is 11.2. The van der Waals surface area contributed by atoms with Crippen molar-refractivity contribution in [3.05, 3.63) is 42.5 Å². The maximum atomic E-state index is 13.3. The lowest BCUT2D eigenvalue weighted by atomic mass is 10.1. The fourth-order valence-electron chi connectivity index (χ4n) is 3.86. The van der Waals surface area contributed by atoms with E-state index in [1.165, 1.54) is 4.90 Å². The summed E-state index contributed by atoms with van der Waals surface area (Å²) in [5, 5.41) is 1.91. The average molecular weight is 484 g/mol. The van der Waals surface area contributed by atoms with Crippen molar-refractivity contribution in [3.8, 4) is 0 Å². The maximum absolute atomic E-state index is 13.3. The fraction of sp³-hybridized carbons (Fsp3) is 0.462. The lowest BCUT2D eigenvalue weighted by Gasteiger charge is -2.34. The number of anilines is 1. The highest BCUT2D eigenvalue weighted by Crippen LogP contribution is 2.23. The van der Waals surface area contributed by atoms with E-state index in [-0.39, 0.29) is 19.1 Å². The molecule has 0 aromatic heterocycles. The Kier molecular flexibility index (Phi) is 8.32. The van der Waals surface area contributed by atoms with Crippen LogP contribution in [0, 0.1) is 0 Å². The number of ether oxygens (including phenoxy) is 2. The van der Waals surface area contributed by atoms with Crippen LogP contribution < -0.4 is 4.90 Å². The van der Waals surface area contributed by atoms with Gasteiger partial charge in [-0.25, -0.2) is 4.79 Å². The van der Waals surface area contributed by atoms with E-state index in [0.29, 0.717) is 31.9 Å². The normalized spacial score (nSPS) is 13.9. The smallest absolute Gasteiger partial charge is 0.409 e. The summed E-state index contributed by atoms with van der Waals surface area (Å²) in [6, 6.07) is 13.1. The van der Waals surface area contributed by atoms with Crippen LogP contribution in [0.15, 0.2) is 42.5 Å². The Labute approximate surface area is 205 Å². The van der Waals surface area contributed by atoms with Gasteiger partial charge in [-0.05, 0) is 50.6 Å². The van der Waals surface area contributed by atoms with E-state index < -0.39 is 30.0 Å². The molecule has 0 N–H and O–H groups in total. The summed E-state index contributed by atoms with van der Waals surface area (Å²) in [6.45, 7) is 8.29. The molecule has 0 bridgehead atoms. The second-order valence-electron chi connectivity index (χ2n) is 9.34. The van der Waals surface area contributed by atoms with Gasteiger partial charge in [0, 0.05) is 31.9 Å². The molecule has 1 aliphatic heterocycles. The maximum Gasteiger partial charge on any atom is 0.409 e. The zero-order valence-corrected chi connectivity index (χ0v) is 20.8. The summed E-state index contributed by atoms with van der Waals surface area (Å²) in [6.07, 6.45) is -0.801. The lowest BCUT2D eigenvalue weighted by Crippen LogP contribution is -2.51. The predicted molar refractivity (Wildman–Crippen MR) is 132 cm³/mol. The van der Waals surface area contributed by atoms with Crippen molar-refractivity contribution in [2.75, 3.05) is 44.2 Å². The molecule has 2 aromatic carbocycles. The van der Waals surface area contributed by atoms with Gasteiger partial charge in [0.05, 0.1) is 6.61 Å². The van der Waals surface area contributed by atoms with Gasteiger partial charge in [-0.3, -0.25) is 14.4 Å². The van der Waals surface area contributed by atoms with E-state index in [4.69, 9.17) is 9.47 Å². The first-order chi connectivity index (χ1) is 16.6. The summed E-state index contributed by atoms with van der Waals surface area (Å²) >= 11 is 0. The highest BCUT2D eigenvalue weighted by molar-refractivity contribution is 6.07. The first-order valence-corrected chi connectivity index (χ1v) is 11.8. The van der Waals surface area contributed by atoms with E-state index in [1.807, 2.05) is 36.4 Å². The van der Waals surface area contributed by atoms with Crippen LogP contribution in [-0.4, -0.2) is 78.6 Å². The fourth-order valence-corrected chi connectivity index (χ4v) is 3.86. The number of esters is 1. The summed E-state index contributed by atoms with van der Waals surface area (Å²) in [4.78, 5) is 55.1. The van der Waals surface area contributed by atoms with Gasteiger partial charge >= 0.3 is 12.1 Å². The Morgan fingerprint density at radius 2 is 1.54 bits per heavy atom. The van der Waals surface area contributed by atoms with Crippen LogP contribution in [-0.2, 0) is 23.9 Å². The molecule has 2 aromatic rings. The number of hydrogen-bond donors (Lipinski definition) is 0. The Morgan fingerprint density at radius 1 is 0.914 bits per heavy atom. The van der Waals surface area contributed by atoms with Crippen molar-refractivity contribution in [1.29, 1.82) is 0 Å². The highest BCUT2D eigenvalue weighted by Gasteiger charge is 2.29. The largest absolute Gasteiger partial charge is 0.459 e. The van der Waals surface area contributed by atoms with Gasteiger partial charge < -0.3 is 24.2 Å². The molecular weight excluding hydrogens is 450 g/mol. The van der Waals surface area contributed by atoms with E-state index in [0.717, 1.165) is 10.8 Å². The van der Waals surface area contributed by atoms with Gasteiger partial charge in [-0.15, -0.1) is 0 Å². The van der Waals surface area contributed by atoms with Crippen LogP contribution in [0.1, 0.15) is 34.1 Å². The molecule has 0 unspecified atom stereocenters. The molecule has 0 spiro atoms. The van der Waals surface area contributed by atoms with Gasteiger partial charge in [0.1, 0.15) is 18.6 Å². The monoisotopic (exact) mass is 483 g/mol. The summed E-state index contributed by atoms with van der Waals surface area (Å²) in [5.74, 6) is -1.41. The highest BCUT2D eigenvalue weighted by atomic mass is 16.6. The SMILES string of the molecule is CCOC(=O)N1CCN(C(=O)CC(=O)N(CC(=O)OC(C)(C)C)c2ccc3ccccc3c2)CC1. The van der Waals surface area contributed by atoms with Crippen molar-refractivity contribution >= 4 is 40.3 Å². The number of hydrogen-bond acceptors (Lipinski definition) is 6. The number of amides is 3. The van der Waals surface area contributed by atoms with E-state index >= 15 is 0 Å². The first kappa shape index (κ1) is 26.0. The Bertz CT molecular complexity index is 1090. The summed E-state index contributed by atoms with van der Waals surface area (Å²) in [7, 11) is 0. The number of rotatable bonds is 6. The van der Waals surface area contributed by atoms with Gasteiger partial charge in [-0.1, -0.05) is 30.3 Å². The van der Waals surface area contributed by atoms with Crippen LogP contribution in [0.5, 0.6) is 0 Å². The minimum Gasteiger partial charge on any atom is -0.459 e. The molecule has 0 aliphatic carbocycles. The van der Waals surface area contributed by atoms with Crippen molar-refractivity contribution in [3.63, 3.8) is 0 Å². The van der Waals surface area contributed by atoms with Crippen LogP contribution in [0.2, 0.25) is 0 Å². The van der Waals surface area contributed by atoms with E-state index in [2.05, 4.69) is 0 Å². The molecule has 188 valence electrons. The number of benzene rings is 2. The second-order valence-corrected chi connectivity index (χ2v) is 9.34. The summed E-state index contributed by atoms with van der Waals surface area (Å²) < 4.78 is 10.4. The van der Waals surface area contributed by atoms with Crippen molar-refractivity contribution < 1.29 is 28.7 Å². The number of piperazine rings is 1. The van der Waals surface area contributed by atoms with E-state index in [1.54, 1.807) is 43.6 Å². The van der Waals surface area contributed by atoms with Crippen molar-refractivity contribution in [1.82, 2.24) is 9.80 Å². The van der Waals surface area contributed by atoms with Gasteiger partial charge in [-0.2, -0.15) is 0 Å². The van der Waals surface area contributed by atoms with Crippen LogP contribution in [0.3, 0.4) is 0 Å². The Hall–Kier alpha value is -3.62.